The lowest BCUT2D eigenvalue weighted by Crippen LogP contribution is -2.58. The molecule has 0 saturated carbocycles. The quantitative estimate of drug-likeness (QED) is 0.650. The van der Waals surface area contributed by atoms with Gasteiger partial charge in [-0.05, 0) is 46.5 Å². The maximum Gasteiger partial charge on any atom is 0.0413 e. The van der Waals surface area contributed by atoms with E-state index in [0.717, 1.165) is 19.3 Å². The first kappa shape index (κ1) is 11.6. The monoisotopic (exact) mass is 195 g/mol. The van der Waals surface area contributed by atoms with Crippen LogP contribution in [0.15, 0.2) is 0 Å². The third-order valence-electron chi connectivity index (χ3n) is 3.13. The highest BCUT2D eigenvalue weighted by Gasteiger charge is 2.44. The lowest BCUT2D eigenvalue weighted by molar-refractivity contribution is -0.250. The molecule has 0 amide bonds. The summed E-state index contributed by atoms with van der Waals surface area (Å²) in [5.74, 6) is 3.26. The van der Waals surface area contributed by atoms with Gasteiger partial charge in [0.15, 0.2) is 0 Å². The molecule has 1 heterocycles. The average molecular weight is 195 g/mol. The standard InChI is InChI=1S/C12H21NO/c1-6-7-10-8-11(2,3)13(14)12(4,5)9-10/h1,10,14H,7-9H2,2-5H3. The van der Waals surface area contributed by atoms with Gasteiger partial charge in [0, 0.05) is 17.5 Å². The molecular weight excluding hydrogens is 174 g/mol. The molecule has 80 valence electrons. The van der Waals surface area contributed by atoms with Gasteiger partial charge in [-0.1, -0.05) is 0 Å². The minimum atomic E-state index is -0.163. The van der Waals surface area contributed by atoms with Crippen LogP contribution < -0.4 is 0 Å². The normalized spacial score (nSPS) is 27.1. The molecule has 2 heteroatoms. The van der Waals surface area contributed by atoms with E-state index in [-0.39, 0.29) is 11.1 Å². The molecule has 1 saturated heterocycles. The van der Waals surface area contributed by atoms with Gasteiger partial charge in [0.05, 0.1) is 0 Å². The first-order valence-corrected chi connectivity index (χ1v) is 5.22. The highest BCUT2D eigenvalue weighted by molar-refractivity contribution is 4.99. The Balaban J connectivity index is 2.81. The highest BCUT2D eigenvalue weighted by atomic mass is 16.5. The van der Waals surface area contributed by atoms with E-state index in [2.05, 4.69) is 33.6 Å². The largest absolute Gasteiger partial charge is 0.313 e. The fraction of sp³-hybridized carbons (Fsp3) is 0.833. The van der Waals surface area contributed by atoms with Crippen molar-refractivity contribution in [1.29, 1.82) is 0 Å². The zero-order valence-electron chi connectivity index (χ0n) is 9.67. The fourth-order valence-electron chi connectivity index (χ4n) is 2.79. The number of nitrogens with zero attached hydrogens (tertiary/aromatic N) is 1. The molecule has 0 spiro atoms. The maximum absolute atomic E-state index is 10.0. The highest BCUT2D eigenvalue weighted by Crippen LogP contribution is 2.40. The molecule has 2 nitrogen and oxygen atoms in total. The molecule has 1 N–H and O–H groups in total. The summed E-state index contributed by atoms with van der Waals surface area (Å²) in [5, 5.41) is 11.5. The van der Waals surface area contributed by atoms with E-state index in [1.165, 1.54) is 5.06 Å². The molecule has 0 radical (unpaired) electrons. The Morgan fingerprint density at radius 3 is 2.07 bits per heavy atom. The molecule has 1 rings (SSSR count). The molecule has 0 bridgehead atoms. The molecule has 0 aliphatic carbocycles. The van der Waals surface area contributed by atoms with Gasteiger partial charge in [0.25, 0.3) is 0 Å². The Morgan fingerprint density at radius 2 is 1.71 bits per heavy atom. The molecule has 1 aliphatic heterocycles. The summed E-state index contributed by atoms with van der Waals surface area (Å²) in [5.41, 5.74) is -0.327. The number of rotatable bonds is 1. The van der Waals surface area contributed by atoms with E-state index >= 15 is 0 Å². The number of piperidine rings is 1. The summed E-state index contributed by atoms with van der Waals surface area (Å²) in [7, 11) is 0. The van der Waals surface area contributed by atoms with Crippen molar-refractivity contribution in [1.82, 2.24) is 5.06 Å². The fourth-order valence-corrected chi connectivity index (χ4v) is 2.79. The van der Waals surface area contributed by atoms with E-state index < -0.39 is 0 Å². The predicted octanol–water partition coefficient (Wildman–Crippen LogP) is 2.67. The van der Waals surface area contributed by atoms with Crippen LogP contribution in [-0.4, -0.2) is 21.3 Å². The summed E-state index contributed by atoms with van der Waals surface area (Å²) >= 11 is 0. The van der Waals surface area contributed by atoms with Gasteiger partial charge in [0.1, 0.15) is 0 Å². The lowest BCUT2D eigenvalue weighted by atomic mass is 9.74. The van der Waals surface area contributed by atoms with Crippen LogP contribution in [-0.2, 0) is 0 Å². The van der Waals surface area contributed by atoms with Crippen molar-refractivity contribution in [3.63, 3.8) is 0 Å². The number of hydrogen-bond acceptors (Lipinski definition) is 2. The smallest absolute Gasteiger partial charge is 0.0413 e. The van der Waals surface area contributed by atoms with Crippen molar-refractivity contribution in [3.8, 4) is 12.3 Å². The van der Waals surface area contributed by atoms with E-state index in [9.17, 15) is 5.21 Å². The molecular formula is C12H21NO. The summed E-state index contributed by atoms with van der Waals surface area (Å²) in [6, 6.07) is 0. The predicted molar refractivity (Wildman–Crippen MR) is 58.0 cm³/mol. The van der Waals surface area contributed by atoms with Gasteiger partial charge in [-0.3, -0.25) is 0 Å². The third-order valence-corrected chi connectivity index (χ3v) is 3.13. The van der Waals surface area contributed by atoms with Gasteiger partial charge < -0.3 is 5.21 Å². The second-order valence-corrected chi connectivity index (χ2v) is 5.62. The van der Waals surface area contributed by atoms with Crippen LogP contribution >= 0.6 is 0 Å². The minimum Gasteiger partial charge on any atom is -0.313 e. The van der Waals surface area contributed by atoms with E-state index in [4.69, 9.17) is 6.42 Å². The Kier molecular flexibility index (Phi) is 2.94. The van der Waals surface area contributed by atoms with Crippen molar-refractivity contribution >= 4 is 0 Å². The summed E-state index contributed by atoms with van der Waals surface area (Å²) in [6.07, 6.45) is 8.10. The van der Waals surface area contributed by atoms with Gasteiger partial charge in [-0.15, -0.1) is 12.3 Å². The van der Waals surface area contributed by atoms with Crippen molar-refractivity contribution in [2.75, 3.05) is 0 Å². The zero-order valence-corrected chi connectivity index (χ0v) is 9.67. The number of hydrogen-bond donors (Lipinski definition) is 1. The third kappa shape index (κ3) is 2.10. The van der Waals surface area contributed by atoms with Crippen LogP contribution in [0, 0.1) is 18.3 Å². The van der Waals surface area contributed by atoms with Crippen molar-refractivity contribution < 1.29 is 5.21 Å². The van der Waals surface area contributed by atoms with E-state index in [0.29, 0.717) is 5.92 Å². The Hall–Kier alpha value is -0.520. The first-order valence-electron chi connectivity index (χ1n) is 5.22. The molecule has 14 heavy (non-hydrogen) atoms. The van der Waals surface area contributed by atoms with Crippen molar-refractivity contribution in [2.45, 2.75) is 58.0 Å². The minimum absolute atomic E-state index is 0.163. The van der Waals surface area contributed by atoms with Gasteiger partial charge in [-0.2, -0.15) is 5.06 Å². The Bertz CT molecular complexity index is 232. The van der Waals surface area contributed by atoms with Crippen LogP contribution in [0.3, 0.4) is 0 Å². The summed E-state index contributed by atoms with van der Waals surface area (Å²) < 4.78 is 0. The summed E-state index contributed by atoms with van der Waals surface area (Å²) in [4.78, 5) is 0. The number of hydroxylamine groups is 2. The van der Waals surface area contributed by atoms with Crippen molar-refractivity contribution in [2.24, 2.45) is 5.92 Å². The first-order chi connectivity index (χ1) is 6.29. The Morgan fingerprint density at radius 1 is 1.29 bits per heavy atom. The molecule has 0 aromatic rings. The molecule has 1 fully saturated rings. The van der Waals surface area contributed by atoms with E-state index in [1.54, 1.807) is 0 Å². The SMILES string of the molecule is C#CCC1CC(C)(C)N(O)C(C)(C)C1. The molecule has 0 aromatic carbocycles. The van der Waals surface area contributed by atoms with Crippen LogP contribution in [0.1, 0.15) is 47.0 Å². The maximum atomic E-state index is 10.0. The van der Waals surface area contributed by atoms with Crippen LogP contribution in [0.25, 0.3) is 0 Å². The molecule has 0 aromatic heterocycles. The summed E-state index contributed by atoms with van der Waals surface area (Å²) in [6.45, 7) is 8.27. The van der Waals surface area contributed by atoms with Crippen LogP contribution in [0.5, 0.6) is 0 Å². The molecule has 0 atom stereocenters. The lowest BCUT2D eigenvalue weighted by Gasteiger charge is -2.51. The second kappa shape index (κ2) is 3.56. The molecule has 1 aliphatic rings. The van der Waals surface area contributed by atoms with Crippen molar-refractivity contribution in [3.05, 3.63) is 0 Å². The number of terminal acetylenes is 1. The van der Waals surface area contributed by atoms with E-state index in [1.807, 2.05) is 0 Å². The Labute approximate surface area is 87.3 Å². The van der Waals surface area contributed by atoms with Crippen LogP contribution in [0.2, 0.25) is 0 Å². The van der Waals surface area contributed by atoms with Crippen LogP contribution in [0.4, 0.5) is 0 Å². The topological polar surface area (TPSA) is 23.5 Å². The second-order valence-electron chi connectivity index (χ2n) is 5.62. The average Bonchev–Trinajstić information content (AvgIpc) is 1.99. The van der Waals surface area contributed by atoms with Gasteiger partial charge in [-0.25, -0.2) is 0 Å². The van der Waals surface area contributed by atoms with Gasteiger partial charge >= 0.3 is 0 Å². The van der Waals surface area contributed by atoms with Gasteiger partial charge in [0.2, 0.25) is 0 Å². The molecule has 0 unspecified atom stereocenters. The zero-order chi connectivity index (χ0) is 11.0.